The van der Waals surface area contributed by atoms with Gasteiger partial charge in [-0.2, -0.15) is 0 Å². The molecule has 1 atom stereocenters. The lowest BCUT2D eigenvalue weighted by molar-refractivity contribution is -0.140. The topological polar surface area (TPSA) is 96.0 Å². The molecule has 192 valence electrons. The zero-order valence-electron chi connectivity index (χ0n) is 21.9. The fourth-order valence-corrected chi connectivity index (χ4v) is 4.32. The van der Waals surface area contributed by atoms with Gasteiger partial charge >= 0.3 is 0 Å². The van der Waals surface area contributed by atoms with Gasteiger partial charge in [0, 0.05) is 12.1 Å². The van der Waals surface area contributed by atoms with Gasteiger partial charge in [0.25, 0.3) is 0 Å². The number of benzene rings is 2. The van der Waals surface area contributed by atoms with Gasteiger partial charge in [-0.15, -0.1) is 0 Å². The van der Waals surface area contributed by atoms with Gasteiger partial charge in [-0.25, -0.2) is 8.42 Å². The maximum Gasteiger partial charge on any atom is 0.244 e. The smallest absolute Gasteiger partial charge is 0.244 e. The molecular formula is C26H37N3O5S. The highest BCUT2D eigenvalue weighted by Crippen LogP contribution is 2.22. The molecule has 1 unspecified atom stereocenters. The number of nitrogens with one attached hydrogen (secondary N) is 1. The largest absolute Gasteiger partial charge is 0.497 e. The minimum absolute atomic E-state index is 0.131. The van der Waals surface area contributed by atoms with Crippen molar-refractivity contribution in [1.82, 2.24) is 10.2 Å². The predicted octanol–water partition coefficient (Wildman–Crippen LogP) is 3.41. The van der Waals surface area contributed by atoms with Gasteiger partial charge < -0.3 is 15.0 Å². The molecule has 0 aliphatic carbocycles. The molecule has 0 aromatic heterocycles. The number of anilines is 1. The van der Waals surface area contributed by atoms with E-state index >= 15 is 0 Å². The monoisotopic (exact) mass is 503 g/mol. The van der Waals surface area contributed by atoms with Crippen LogP contribution in [-0.2, 0) is 26.2 Å². The van der Waals surface area contributed by atoms with Crippen LogP contribution in [0.4, 0.5) is 5.69 Å². The Morgan fingerprint density at radius 2 is 1.63 bits per heavy atom. The summed E-state index contributed by atoms with van der Waals surface area (Å²) in [7, 11) is -2.20. The van der Waals surface area contributed by atoms with E-state index in [0.29, 0.717) is 11.4 Å². The maximum absolute atomic E-state index is 13.6. The lowest BCUT2D eigenvalue weighted by Gasteiger charge is -2.33. The van der Waals surface area contributed by atoms with Crippen LogP contribution in [0.1, 0.15) is 44.4 Å². The van der Waals surface area contributed by atoms with Gasteiger partial charge in [0.1, 0.15) is 18.3 Å². The molecule has 2 aromatic carbocycles. The first-order chi connectivity index (χ1) is 16.1. The van der Waals surface area contributed by atoms with E-state index in [-0.39, 0.29) is 12.5 Å². The number of rotatable bonds is 9. The Balaban J connectivity index is 2.42. The third kappa shape index (κ3) is 7.99. The zero-order valence-corrected chi connectivity index (χ0v) is 22.7. The summed E-state index contributed by atoms with van der Waals surface area (Å²) >= 11 is 0. The lowest BCUT2D eigenvalue weighted by atomic mass is 10.1. The Bertz CT molecular complexity index is 1150. The van der Waals surface area contributed by atoms with Gasteiger partial charge in [-0.3, -0.25) is 13.9 Å². The highest BCUT2D eigenvalue weighted by atomic mass is 32.2. The number of hydrogen-bond donors (Lipinski definition) is 1. The van der Waals surface area contributed by atoms with E-state index in [4.69, 9.17) is 4.74 Å². The van der Waals surface area contributed by atoms with Gasteiger partial charge in [-0.1, -0.05) is 18.2 Å². The number of aryl methyl sites for hydroxylation is 2. The highest BCUT2D eigenvalue weighted by molar-refractivity contribution is 7.92. The summed E-state index contributed by atoms with van der Waals surface area (Å²) in [6.45, 7) is 10.7. The average Bonchev–Trinajstić information content (AvgIpc) is 2.75. The number of carbonyl (C=O) groups excluding carboxylic acids is 2. The van der Waals surface area contributed by atoms with E-state index < -0.39 is 34.1 Å². The van der Waals surface area contributed by atoms with Crippen molar-refractivity contribution in [2.24, 2.45) is 0 Å². The normalized spacial score (nSPS) is 12.6. The molecule has 0 aliphatic heterocycles. The summed E-state index contributed by atoms with van der Waals surface area (Å²) in [4.78, 5) is 28.0. The summed E-state index contributed by atoms with van der Waals surface area (Å²) in [6, 6.07) is 11.6. The van der Waals surface area contributed by atoms with Crippen molar-refractivity contribution in [2.75, 3.05) is 24.2 Å². The van der Waals surface area contributed by atoms with Crippen LogP contribution in [0, 0.1) is 13.8 Å². The van der Waals surface area contributed by atoms with E-state index in [1.54, 1.807) is 38.3 Å². The average molecular weight is 504 g/mol. The molecule has 1 N–H and O–H groups in total. The first kappa shape index (κ1) is 28.2. The van der Waals surface area contributed by atoms with Crippen molar-refractivity contribution in [3.63, 3.8) is 0 Å². The maximum atomic E-state index is 13.6. The van der Waals surface area contributed by atoms with Crippen LogP contribution < -0.4 is 14.4 Å². The summed E-state index contributed by atoms with van der Waals surface area (Å²) < 4.78 is 31.6. The molecule has 35 heavy (non-hydrogen) atoms. The lowest BCUT2D eigenvalue weighted by Crippen LogP contribution is -2.54. The van der Waals surface area contributed by atoms with E-state index in [1.807, 2.05) is 52.8 Å². The third-order valence-corrected chi connectivity index (χ3v) is 6.78. The van der Waals surface area contributed by atoms with Crippen molar-refractivity contribution in [1.29, 1.82) is 0 Å². The van der Waals surface area contributed by atoms with Crippen molar-refractivity contribution in [2.45, 2.75) is 59.7 Å². The zero-order chi connectivity index (χ0) is 26.6. The quantitative estimate of drug-likeness (QED) is 0.566. The molecular weight excluding hydrogens is 466 g/mol. The molecule has 2 amide bonds. The Morgan fingerprint density at radius 1 is 1.03 bits per heavy atom. The van der Waals surface area contributed by atoms with Crippen molar-refractivity contribution < 1.29 is 22.7 Å². The fourth-order valence-electron chi connectivity index (χ4n) is 3.48. The molecule has 9 heteroatoms. The molecule has 0 radical (unpaired) electrons. The molecule has 0 aliphatic rings. The molecule has 0 spiro atoms. The predicted molar refractivity (Wildman–Crippen MR) is 139 cm³/mol. The van der Waals surface area contributed by atoms with Crippen LogP contribution in [0.5, 0.6) is 5.75 Å². The Kier molecular flexibility index (Phi) is 8.94. The van der Waals surface area contributed by atoms with Gasteiger partial charge in [-0.05, 0) is 82.5 Å². The Labute approximate surface area is 209 Å². The van der Waals surface area contributed by atoms with Crippen LogP contribution in [0.3, 0.4) is 0 Å². The van der Waals surface area contributed by atoms with E-state index in [9.17, 15) is 18.0 Å². The summed E-state index contributed by atoms with van der Waals surface area (Å²) in [5, 5.41) is 2.90. The highest BCUT2D eigenvalue weighted by Gasteiger charge is 2.31. The molecule has 0 bridgehead atoms. The number of nitrogens with zero attached hydrogens (tertiary/aromatic N) is 2. The van der Waals surface area contributed by atoms with Crippen LogP contribution in [0.15, 0.2) is 42.5 Å². The summed E-state index contributed by atoms with van der Waals surface area (Å²) in [5.41, 5.74) is 2.63. The summed E-state index contributed by atoms with van der Waals surface area (Å²) in [5.74, 6) is -0.138. The van der Waals surface area contributed by atoms with E-state index in [2.05, 4.69) is 5.32 Å². The van der Waals surface area contributed by atoms with E-state index in [0.717, 1.165) is 27.3 Å². The minimum Gasteiger partial charge on any atom is -0.497 e. The second-order valence-electron chi connectivity index (χ2n) is 9.82. The standard InChI is InChI=1S/C26H37N3O5S/c1-18-9-12-22(15-19(18)2)29(35(8,32)33)17-24(30)28(20(3)25(31)27-26(4,5)6)16-21-10-13-23(34-7)14-11-21/h9-15,20H,16-17H2,1-8H3,(H,27,31). The molecule has 8 nitrogen and oxygen atoms in total. The minimum atomic E-state index is -3.76. The first-order valence-electron chi connectivity index (χ1n) is 11.4. The number of ether oxygens (including phenoxy) is 1. The van der Waals surface area contributed by atoms with Crippen LogP contribution >= 0.6 is 0 Å². The molecule has 0 heterocycles. The first-order valence-corrected chi connectivity index (χ1v) is 13.3. The summed E-state index contributed by atoms with van der Waals surface area (Å²) in [6.07, 6.45) is 1.07. The number of sulfonamides is 1. The van der Waals surface area contributed by atoms with Gasteiger partial charge in [0.15, 0.2) is 0 Å². The second-order valence-corrected chi connectivity index (χ2v) is 11.7. The molecule has 2 aromatic rings. The molecule has 0 fully saturated rings. The van der Waals surface area contributed by atoms with Crippen LogP contribution in [0.25, 0.3) is 0 Å². The van der Waals surface area contributed by atoms with Crippen molar-refractivity contribution in [3.05, 3.63) is 59.2 Å². The number of hydrogen-bond acceptors (Lipinski definition) is 5. The van der Waals surface area contributed by atoms with Gasteiger partial charge in [0.05, 0.1) is 19.1 Å². The van der Waals surface area contributed by atoms with Crippen molar-refractivity contribution >= 4 is 27.5 Å². The van der Waals surface area contributed by atoms with Crippen LogP contribution in [0.2, 0.25) is 0 Å². The van der Waals surface area contributed by atoms with E-state index in [1.165, 1.54) is 4.90 Å². The molecule has 0 saturated heterocycles. The molecule has 2 rings (SSSR count). The van der Waals surface area contributed by atoms with Crippen molar-refractivity contribution in [3.8, 4) is 5.75 Å². The number of amides is 2. The van der Waals surface area contributed by atoms with Crippen LogP contribution in [-0.4, -0.2) is 56.6 Å². The third-order valence-electron chi connectivity index (χ3n) is 5.64. The van der Waals surface area contributed by atoms with Gasteiger partial charge in [0.2, 0.25) is 21.8 Å². The Morgan fingerprint density at radius 3 is 2.11 bits per heavy atom. The number of methoxy groups -OCH3 is 1. The SMILES string of the molecule is COc1ccc(CN(C(=O)CN(c2ccc(C)c(C)c2)S(C)(=O)=O)C(C)C(=O)NC(C)(C)C)cc1. The fraction of sp³-hybridized carbons (Fsp3) is 0.462. The molecule has 0 saturated carbocycles. The second kappa shape index (κ2) is 11.1. The number of carbonyl (C=O) groups is 2. The Hall–Kier alpha value is -3.07.